The van der Waals surface area contributed by atoms with Crippen LogP contribution in [-0.4, -0.2) is 14.3 Å². The molecule has 0 radical (unpaired) electrons. The maximum Gasteiger partial charge on any atom is 0.238 e. The average molecular weight is 254 g/mol. The Morgan fingerprint density at radius 2 is 2.06 bits per heavy atom. The number of carbonyl (C=O) groups excluding carboxylic acids is 1. The van der Waals surface area contributed by atoms with Crippen LogP contribution >= 0.6 is 0 Å². The van der Waals surface area contributed by atoms with Gasteiger partial charge in [0.1, 0.15) is 0 Å². The molecule has 1 aromatic rings. The van der Waals surface area contributed by atoms with Crippen molar-refractivity contribution in [3.63, 3.8) is 0 Å². The topological polar surface area (TPSA) is 89.3 Å². The summed E-state index contributed by atoms with van der Waals surface area (Å²) in [4.78, 5) is 11.6. The van der Waals surface area contributed by atoms with E-state index in [4.69, 9.17) is 5.14 Å². The van der Waals surface area contributed by atoms with E-state index in [0.717, 1.165) is 12.8 Å². The maximum atomic E-state index is 11.5. The molecule has 1 fully saturated rings. The van der Waals surface area contributed by atoms with Crippen molar-refractivity contribution in [1.82, 2.24) is 0 Å². The summed E-state index contributed by atoms with van der Waals surface area (Å²) in [5, 5.41) is 7.77. The summed E-state index contributed by atoms with van der Waals surface area (Å²) in [5.41, 5.74) is 1.04. The van der Waals surface area contributed by atoms with E-state index in [1.165, 1.54) is 6.07 Å². The summed E-state index contributed by atoms with van der Waals surface area (Å²) in [6.07, 6.45) is 1.81. The third kappa shape index (κ3) is 2.83. The number of benzene rings is 1. The molecular formula is C11H14N2O3S. The number of hydrogen-bond acceptors (Lipinski definition) is 3. The zero-order valence-corrected chi connectivity index (χ0v) is 10.3. The van der Waals surface area contributed by atoms with Gasteiger partial charge in [0.25, 0.3) is 0 Å². The van der Waals surface area contributed by atoms with Crippen LogP contribution in [-0.2, 0) is 14.8 Å². The van der Waals surface area contributed by atoms with Crippen molar-refractivity contribution in [2.75, 3.05) is 5.32 Å². The van der Waals surface area contributed by atoms with Gasteiger partial charge in [-0.05, 0) is 37.5 Å². The first-order valence-electron chi connectivity index (χ1n) is 5.32. The Morgan fingerprint density at radius 1 is 1.41 bits per heavy atom. The Hall–Kier alpha value is -1.40. The zero-order chi connectivity index (χ0) is 12.6. The van der Waals surface area contributed by atoms with E-state index in [0.29, 0.717) is 11.3 Å². The minimum atomic E-state index is -3.75. The van der Waals surface area contributed by atoms with E-state index in [2.05, 4.69) is 5.32 Å². The van der Waals surface area contributed by atoms with Crippen molar-refractivity contribution in [3.05, 3.63) is 23.8 Å². The molecule has 0 bridgehead atoms. The molecule has 0 saturated heterocycles. The quantitative estimate of drug-likeness (QED) is 0.843. The fourth-order valence-electron chi connectivity index (χ4n) is 1.57. The lowest BCUT2D eigenvalue weighted by molar-refractivity contribution is -0.117. The van der Waals surface area contributed by atoms with E-state index < -0.39 is 10.0 Å². The van der Waals surface area contributed by atoms with Gasteiger partial charge in [0.2, 0.25) is 15.9 Å². The second kappa shape index (κ2) is 4.12. The van der Waals surface area contributed by atoms with E-state index in [1.54, 1.807) is 19.1 Å². The number of aryl methyl sites for hydroxylation is 1. The minimum Gasteiger partial charge on any atom is -0.326 e. The van der Waals surface area contributed by atoms with Gasteiger partial charge in [-0.25, -0.2) is 13.6 Å². The molecule has 6 heteroatoms. The lowest BCUT2D eigenvalue weighted by atomic mass is 10.2. The molecule has 0 aromatic heterocycles. The van der Waals surface area contributed by atoms with Crippen molar-refractivity contribution < 1.29 is 13.2 Å². The molecule has 1 aliphatic rings. The number of carbonyl (C=O) groups is 1. The van der Waals surface area contributed by atoms with Gasteiger partial charge in [0, 0.05) is 11.6 Å². The molecule has 3 N–H and O–H groups in total. The van der Waals surface area contributed by atoms with E-state index in [9.17, 15) is 13.2 Å². The van der Waals surface area contributed by atoms with E-state index >= 15 is 0 Å². The highest BCUT2D eigenvalue weighted by atomic mass is 32.2. The average Bonchev–Trinajstić information content (AvgIpc) is 3.02. The van der Waals surface area contributed by atoms with Crippen LogP contribution in [0.3, 0.4) is 0 Å². The standard InChI is InChI=1S/C11H14N2O3S/c1-7-2-5-9(6-10(7)17(12,15)16)13-11(14)8-3-4-8/h2,5-6,8H,3-4H2,1H3,(H,13,14)(H2,12,15,16). The Balaban J connectivity index is 2.27. The molecule has 1 saturated carbocycles. The summed E-state index contributed by atoms with van der Waals surface area (Å²) in [6, 6.07) is 4.69. The molecule has 0 aliphatic heterocycles. The molecule has 1 aromatic carbocycles. The molecule has 0 unspecified atom stereocenters. The number of nitrogens with one attached hydrogen (secondary N) is 1. The molecule has 0 heterocycles. The Kier molecular flexibility index (Phi) is 2.92. The van der Waals surface area contributed by atoms with E-state index in [-0.39, 0.29) is 16.7 Å². The fraction of sp³-hybridized carbons (Fsp3) is 0.364. The summed E-state index contributed by atoms with van der Waals surface area (Å²) in [5.74, 6) is 0.0171. The lowest BCUT2D eigenvalue weighted by Gasteiger charge is -2.08. The predicted molar refractivity (Wildman–Crippen MR) is 63.9 cm³/mol. The third-order valence-electron chi connectivity index (χ3n) is 2.71. The molecule has 5 nitrogen and oxygen atoms in total. The number of rotatable bonds is 3. The highest BCUT2D eigenvalue weighted by Gasteiger charge is 2.29. The molecule has 17 heavy (non-hydrogen) atoms. The predicted octanol–water partition coefficient (Wildman–Crippen LogP) is 0.991. The lowest BCUT2D eigenvalue weighted by Crippen LogP contribution is -2.16. The van der Waals surface area contributed by atoms with Crippen LogP contribution in [0.5, 0.6) is 0 Å². The Bertz CT molecular complexity index is 562. The van der Waals surface area contributed by atoms with Crippen LogP contribution in [0, 0.1) is 12.8 Å². The molecule has 1 aliphatic carbocycles. The van der Waals surface area contributed by atoms with Crippen molar-refractivity contribution in [1.29, 1.82) is 0 Å². The van der Waals surface area contributed by atoms with Crippen molar-refractivity contribution in [2.45, 2.75) is 24.7 Å². The van der Waals surface area contributed by atoms with Gasteiger partial charge in [0.15, 0.2) is 0 Å². The van der Waals surface area contributed by atoms with Crippen molar-refractivity contribution in [3.8, 4) is 0 Å². The van der Waals surface area contributed by atoms with Crippen LogP contribution in [0.1, 0.15) is 18.4 Å². The smallest absolute Gasteiger partial charge is 0.238 e. The van der Waals surface area contributed by atoms with Crippen LogP contribution < -0.4 is 10.5 Å². The minimum absolute atomic E-state index is 0.0473. The highest BCUT2D eigenvalue weighted by Crippen LogP contribution is 2.30. The van der Waals surface area contributed by atoms with E-state index in [1.807, 2.05) is 0 Å². The van der Waals surface area contributed by atoms with Gasteiger partial charge in [-0.1, -0.05) is 6.07 Å². The highest BCUT2D eigenvalue weighted by molar-refractivity contribution is 7.89. The maximum absolute atomic E-state index is 11.5. The number of hydrogen-bond donors (Lipinski definition) is 2. The second-order valence-electron chi connectivity index (χ2n) is 4.29. The van der Waals surface area contributed by atoms with Gasteiger partial charge in [-0.2, -0.15) is 0 Å². The van der Waals surface area contributed by atoms with Crippen LogP contribution in [0.25, 0.3) is 0 Å². The number of anilines is 1. The third-order valence-corrected chi connectivity index (χ3v) is 3.76. The molecule has 0 spiro atoms. The normalized spacial score (nSPS) is 15.6. The summed E-state index contributed by atoms with van der Waals surface area (Å²) < 4.78 is 22.6. The molecule has 92 valence electrons. The van der Waals surface area contributed by atoms with Crippen molar-refractivity contribution in [2.24, 2.45) is 11.1 Å². The molecule has 2 rings (SSSR count). The molecule has 0 atom stereocenters. The van der Waals surface area contributed by atoms with Crippen molar-refractivity contribution >= 4 is 21.6 Å². The first-order chi connectivity index (χ1) is 7.88. The molecule has 1 amide bonds. The summed E-state index contributed by atoms with van der Waals surface area (Å²) >= 11 is 0. The zero-order valence-electron chi connectivity index (χ0n) is 9.43. The summed E-state index contributed by atoms with van der Waals surface area (Å²) in [7, 11) is -3.75. The molecular weight excluding hydrogens is 240 g/mol. The summed E-state index contributed by atoms with van der Waals surface area (Å²) in [6.45, 7) is 1.66. The first kappa shape index (κ1) is 12.1. The van der Waals surface area contributed by atoms with Gasteiger partial charge in [-0.3, -0.25) is 4.79 Å². The SMILES string of the molecule is Cc1ccc(NC(=O)C2CC2)cc1S(N)(=O)=O. The number of sulfonamides is 1. The van der Waals surface area contributed by atoms with Crippen LogP contribution in [0.2, 0.25) is 0 Å². The fourth-order valence-corrected chi connectivity index (χ4v) is 2.38. The van der Waals surface area contributed by atoms with Crippen LogP contribution in [0.15, 0.2) is 23.1 Å². The Morgan fingerprint density at radius 3 is 2.59 bits per heavy atom. The Labute approximate surface area is 100 Å². The van der Waals surface area contributed by atoms with Gasteiger partial charge in [0.05, 0.1) is 4.90 Å². The largest absolute Gasteiger partial charge is 0.326 e. The number of amides is 1. The monoisotopic (exact) mass is 254 g/mol. The van der Waals surface area contributed by atoms with Crippen LogP contribution in [0.4, 0.5) is 5.69 Å². The van der Waals surface area contributed by atoms with Gasteiger partial charge >= 0.3 is 0 Å². The first-order valence-corrected chi connectivity index (χ1v) is 6.87. The van der Waals surface area contributed by atoms with Gasteiger partial charge in [-0.15, -0.1) is 0 Å². The van der Waals surface area contributed by atoms with Gasteiger partial charge < -0.3 is 5.32 Å². The second-order valence-corrected chi connectivity index (χ2v) is 5.82. The number of primary sulfonamides is 1. The number of nitrogens with two attached hydrogens (primary N) is 1.